The van der Waals surface area contributed by atoms with E-state index in [1.54, 1.807) is 14.2 Å². The molecule has 0 radical (unpaired) electrons. The zero-order valence-corrected chi connectivity index (χ0v) is 14.4. The Bertz CT molecular complexity index is 646. The normalized spacial score (nSPS) is 14.7. The molecular weight excluding hydrogens is 316 g/mol. The third-order valence-electron chi connectivity index (χ3n) is 3.66. The molecule has 1 aliphatic rings. The van der Waals surface area contributed by atoms with Gasteiger partial charge in [0, 0.05) is 33.8 Å². The van der Waals surface area contributed by atoms with Gasteiger partial charge in [-0.05, 0) is 18.1 Å². The maximum atomic E-state index is 12.5. The Kier molecular flexibility index (Phi) is 6.23. The van der Waals surface area contributed by atoms with Crippen molar-refractivity contribution in [2.75, 3.05) is 50.5 Å². The second-order valence-electron chi connectivity index (χ2n) is 5.19. The van der Waals surface area contributed by atoms with Crippen LogP contribution in [0.5, 0.6) is 0 Å². The van der Waals surface area contributed by atoms with E-state index in [0.29, 0.717) is 32.2 Å². The molecule has 0 saturated heterocycles. The Morgan fingerprint density at radius 1 is 1.30 bits per heavy atom. The molecule has 1 heterocycles. The molecule has 7 nitrogen and oxygen atoms in total. The lowest BCUT2D eigenvalue weighted by Gasteiger charge is -2.20. The molecule has 1 aliphatic heterocycles. The average molecular weight is 340 g/mol. The molecule has 0 bridgehead atoms. The molecule has 0 saturated carbocycles. The number of hydrogen-bond donors (Lipinski definition) is 2. The molecule has 1 aromatic rings. The Balaban J connectivity index is 1.88. The molecular formula is C15H24N4O3S. The molecule has 128 valence electrons. The molecule has 0 amide bonds. The van der Waals surface area contributed by atoms with Gasteiger partial charge in [-0.25, -0.2) is 8.42 Å². The maximum absolute atomic E-state index is 12.5. The van der Waals surface area contributed by atoms with Gasteiger partial charge < -0.3 is 15.4 Å². The van der Waals surface area contributed by atoms with E-state index in [0.717, 1.165) is 17.7 Å². The van der Waals surface area contributed by atoms with E-state index in [4.69, 9.17) is 4.74 Å². The monoisotopic (exact) mass is 340 g/mol. The second-order valence-corrected chi connectivity index (χ2v) is 7.20. The van der Waals surface area contributed by atoms with Crippen molar-refractivity contribution < 1.29 is 13.2 Å². The quantitative estimate of drug-likeness (QED) is 0.421. The number of anilines is 1. The van der Waals surface area contributed by atoms with Crippen molar-refractivity contribution in [1.82, 2.24) is 10.6 Å². The Hall–Kier alpha value is -1.80. The van der Waals surface area contributed by atoms with Crippen molar-refractivity contribution >= 4 is 21.7 Å². The molecule has 0 aliphatic carbocycles. The lowest BCUT2D eigenvalue weighted by Crippen LogP contribution is -2.42. The van der Waals surface area contributed by atoms with Crippen LogP contribution in [0.2, 0.25) is 0 Å². The zero-order valence-electron chi connectivity index (χ0n) is 13.6. The van der Waals surface area contributed by atoms with Crippen LogP contribution in [0.25, 0.3) is 0 Å². The first kappa shape index (κ1) is 17.6. The molecule has 0 atom stereocenters. The van der Waals surface area contributed by atoms with Crippen LogP contribution in [-0.2, 0) is 21.2 Å². The van der Waals surface area contributed by atoms with Gasteiger partial charge in [0.1, 0.15) is 0 Å². The Morgan fingerprint density at radius 3 is 2.78 bits per heavy atom. The molecule has 1 aromatic carbocycles. The fourth-order valence-corrected chi connectivity index (χ4v) is 3.93. The highest BCUT2D eigenvalue weighted by molar-refractivity contribution is 7.92. The summed E-state index contributed by atoms with van der Waals surface area (Å²) in [5, 5.41) is 6.06. The van der Waals surface area contributed by atoms with Crippen molar-refractivity contribution in [3.8, 4) is 0 Å². The summed E-state index contributed by atoms with van der Waals surface area (Å²) in [7, 11) is -0.0696. The molecule has 2 rings (SSSR count). The first-order valence-electron chi connectivity index (χ1n) is 7.60. The third-order valence-corrected chi connectivity index (χ3v) is 5.43. The van der Waals surface area contributed by atoms with Gasteiger partial charge in [0.15, 0.2) is 5.96 Å². The summed E-state index contributed by atoms with van der Waals surface area (Å²) in [5.41, 5.74) is 1.89. The van der Waals surface area contributed by atoms with E-state index < -0.39 is 10.0 Å². The average Bonchev–Trinajstić information content (AvgIpc) is 2.98. The van der Waals surface area contributed by atoms with Gasteiger partial charge in [0.25, 0.3) is 0 Å². The zero-order chi connectivity index (χ0) is 16.7. The van der Waals surface area contributed by atoms with Crippen LogP contribution in [0.15, 0.2) is 29.3 Å². The number of nitrogens with zero attached hydrogens (tertiary/aromatic N) is 2. The smallest absolute Gasteiger partial charge is 0.236 e. The van der Waals surface area contributed by atoms with Crippen molar-refractivity contribution in [3.05, 3.63) is 29.8 Å². The number of sulfonamides is 1. The molecule has 23 heavy (non-hydrogen) atoms. The van der Waals surface area contributed by atoms with Gasteiger partial charge in [-0.3, -0.25) is 9.30 Å². The molecule has 0 unspecified atom stereocenters. The predicted molar refractivity (Wildman–Crippen MR) is 92.5 cm³/mol. The van der Waals surface area contributed by atoms with Crippen molar-refractivity contribution in [2.45, 2.75) is 6.42 Å². The SMILES string of the molecule is CN=C(NCCOC)NCCS(=O)(=O)N1CCc2ccccc21. The number of methoxy groups -OCH3 is 1. The number of hydrogen-bond acceptors (Lipinski definition) is 4. The Morgan fingerprint density at radius 2 is 2.04 bits per heavy atom. The van der Waals surface area contributed by atoms with Crippen molar-refractivity contribution in [1.29, 1.82) is 0 Å². The molecule has 2 N–H and O–H groups in total. The fraction of sp³-hybridized carbons (Fsp3) is 0.533. The predicted octanol–water partition coefficient (Wildman–Crippen LogP) is 0.190. The van der Waals surface area contributed by atoms with E-state index in [9.17, 15) is 8.42 Å². The largest absolute Gasteiger partial charge is 0.383 e. The van der Waals surface area contributed by atoms with E-state index in [-0.39, 0.29) is 5.75 Å². The number of benzene rings is 1. The minimum Gasteiger partial charge on any atom is -0.383 e. The number of ether oxygens (including phenoxy) is 1. The molecule has 0 fully saturated rings. The number of nitrogens with one attached hydrogen (secondary N) is 2. The molecule has 0 spiro atoms. The lowest BCUT2D eigenvalue weighted by molar-refractivity contribution is 0.203. The van der Waals surface area contributed by atoms with Gasteiger partial charge in [0.2, 0.25) is 10.0 Å². The van der Waals surface area contributed by atoms with E-state index >= 15 is 0 Å². The van der Waals surface area contributed by atoms with Crippen LogP contribution in [0.3, 0.4) is 0 Å². The van der Waals surface area contributed by atoms with Crippen LogP contribution in [-0.4, -0.2) is 60.5 Å². The standard InChI is InChI=1S/C15H24N4O3S/c1-16-15(17-8-11-22-2)18-9-12-23(20,21)19-10-7-13-5-3-4-6-14(13)19/h3-6H,7-12H2,1-2H3,(H2,16,17,18). The number of guanidine groups is 1. The highest BCUT2D eigenvalue weighted by Gasteiger charge is 2.28. The van der Waals surface area contributed by atoms with Crippen molar-refractivity contribution in [3.63, 3.8) is 0 Å². The fourth-order valence-electron chi connectivity index (χ4n) is 2.50. The topological polar surface area (TPSA) is 83.0 Å². The summed E-state index contributed by atoms with van der Waals surface area (Å²) in [5.74, 6) is 0.589. The number of aliphatic imine (C=N–C) groups is 1. The van der Waals surface area contributed by atoms with Crippen LogP contribution in [0, 0.1) is 0 Å². The first-order valence-corrected chi connectivity index (χ1v) is 9.21. The van der Waals surface area contributed by atoms with Crippen LogP contribution >= 0.6 is 0 Å². The highest BCUT2D eigenvalue weighted by atomic mass is 32.2. The molecule has 8 heteroatoms. The second kappa shape index (κ2) is 8.16. The highest BCUT2D eigenvalue weighted by Crippen LogP contribution is 2.29. The first-order chi connectivity index (χ1) is 11.1. The minimum absolute atomic E-state index is 0.0202. The summed E-state index contributed by atoms with van der Waals surface area (Å²) in [6, 6.07) is 7.64. The maximum Gasteiger partial charge on any atom is 0.236 e. The van der Waals surface area contributed by atoms with Crippen LogP contribution < -0.4 is 14.9 Å². The van der Waals surface area contributed by atoms with E-state index in [1.807, 2.05) is 24.3 Å². The van der Waals surface area contributed by atoms with Gasteiger partial charge in [-0.1, -0.05) is 18.2 Å². The number of rotatable bonds is 7. The van der Waals surface area contributed by atoms with E-state index in [2.05, 4.69) is 15.6 Å². The van der Waals surface area contributed by atoms with Crippen molar-refractivity contribution in [2.24, 2.45) is 4.99 Å². The van der Waals surface area contributed by atoms with Crippen LogP contribution in [0.1, 0.15) is 5.56 Å². The van der Waals surface area contributed by atoms with E-state index in [1.165, 1.54) is 4.31 Å². The van der Waals surface area contributed by atoms with Gasteiger partial charge in [0.05, 0.1) is 18.0 Å². The Labute approximate surface area is 137 Å². The van der Waals surface area contributed by atoms with Gasteiger partial charge in [-0.2, -0.15) is 0 Å². The lowest BCUT2D eigenvalue weighted by atomic mass is 10.2. The number of fused-ring (bicyclic) bond motifs is 1. The van der Waals surface area contributed by atoms with Gasteiger partial charge >= 0.3 is 0 Å². The third kappa shape index (κ3) is 4.59. The van der Waals surface area contributed by atoms with Gasteiger partial charge in [-0.15, -0.1) is 0 Å². The minimum atomic E-state index is -3.34. The summed E-state index contributed by atoms with van der Waals surface area (Å²) >= 11 is 0. The van der Waals surface area contributed by atoms with Crippen LogP contribution in [0.4, 0.5) is 5.69 Å². The number of para-hydroxylation sites is 1. The summed E-state index contributed by atoms with van der Waals surface area (Å²) in [6.45, 7) is 1.99. The molecule has 0 aromatic heterocycles. The summed E-state index contributed by atoms with van der Waals surface area (Å²) < 4.78 is 31.5. The summed E-state index contributed by atoms with van der Waals surface area (Å²) in [4.78, 5) is 4.04. The summed E-state index contributed by atoms with van der Waals surface area (Å²) in [6.07, 6.45) is 0.767.